The van der Waals surface area contributed by atoms with E-state index in [4.69, 9.17) is 9.47 Å². The number of alkyl carbamates (subject to hydrolysis) is 1. The van der Waals surface area contributed by atoms with Crippen LogP contribution in [0.4, 0.5) is 10.5 Å². The lowest BCUT2D eigenvalue weighted by molar-refractivity contribution is -0.116. The molecule has 7 nitrogen and oxygen atoms in total. The predicted octanol–water partition coefficient (Wildman–Crippen LogP) is 2.12. The van der Waals surface area contributed by atoms with Crippen LogP contribution in [0, 0.1) is 0 Å². The molecular weight excluding hydrogens is 300 g/mol. The number of carbonyl (C=O) groups excluding carboxylic acids is 3. The van der Waals surface area contributed by atoms with E-state index in [-0.39, 0.29) is 24.4 Å². The Hall–Kier alpha value is -2.57. The summed E-state index contributed by atoms with van der Waals surface area (Å²) in [5.74, 6) is 0.127. The van der Waals surface area contributed by atoms with Crippen LogP contribution in [-0.4, -0.2) is 37.0 Å². The predicted molar refractivity (Wildman–Crippen MR) is 83.8 cm³/mol. The van der Waals surface area contributed by atoms with Gasteiger partial charge in [-0.25, -0.2) is 4.79 Å². The van der Waals surface area contributed by atoms with E-state index in [1.807, 2.05) is 6.92 Å². The molecule has 1 unspecified atom stereocenters. The minimum Gasteiger partial charge on any atom is -0.489 e. The van der Waals surface area contributed by atoms with Crippen LogP contribution in [-0.2, 0) is 9.53 Å². The molecule has 1 heterocycles. The van der Waals surface area contributed by atoms with Gasteiger partial charge in [0.25, 0.3) is 0 Å². The number of hydrogen-bond donors (Lipinski definition) is 2. The Kier molecular flexibility index (Phi) is 5.56. The summed E-state index contributed by atoms with van der Waals surface area (Å²) in [5.41, 5.74) is 0.923. The summed E-state index contributed by atoms with van der Waals surface area (Å²) in [5, 5.41) is 5.27. The number of amides is 2. The molecule has 1 fully saturated rings. The topological polar surface area (TPSA) is 93.7 Å². The molecule has 7 heteroatoms. The van der Waals surface area contributed by atoms with Gasteiger partial charge >= 0.3 is 6.09 Å². The van der Waals surface area contributed by atoms with Crippen LogP contribution < -0.4 is 15.4 Å². The molecule has 0 saturated carbocycles. The first kappa shape index (κ1) is 16.8. The fraction of sp³-hybridized carbons (Fsp3) is 0.438. The Bertz CT molecular complexity index is 614. The van der Waals surface area contributed by atoms with Gasteiger partial charge in [0.1, 0.15) is 12.4 Å². The molecule has 2 amide bonds. The highest BCUT2D eigenvalue weighted by Crippen LogP contribution is 2.24. The van der Waals surface area contributed by atoms with Crippen LogP contribution in [0.25, 0.3) is 0 Å². The zero-order chi connectivity index (χ0) is 16.8. The average molecular weight is 320 g/mol. The molecule has 124 valence electrons. The molecule has 23 heavy (non-hydrogen) atoms. The lowest BCUT2D eigenvalue weighted by Gasteiger charge is -2.14. The number of Topliss-reactive ketones (excluding diaryl/α,β-unsaturated/α-hetero) is 1. The molecule has 2 rings (SSSR count). The molecule has 2 N–H and O–H groups in total. The molecule has 1 aliphatic rings. The van der Waals surface area contributed by atoms with Gasteiger partial charge in [0, 0.05) is 12.1 Å². The number of anilines is 1. The minimum absolute atomic E-state index is 0.0976. The van der Waals surface area contributed by atoms with Gasteiger partial charge in [-0.05, 0) is 31.5 Å². The van der Waals surface area contributed by atoms with Crippen molar-refractivity contribution >= 4 is 23.5 Å². The van der Waals surface area contributed by atoms with Gasteiger partial charge in [-0.15, -0.1) is 0 Å². The van der Waals surface area contributed by atoms with Gasteiger partial charge in [0.15, 0.2) is 11.9 Å². The molecule has 0 spiro atoms. The number of nitrogens with one attached hydrogen (secondary N) is 2. The van der Waals surface area contributed by atoms with E-state index in [0.29, 0.717) is 30.0 Å². The molecular formula is C16H20N2O5. The third-order valence-corrected chi connectivity index (χ3v) is 3.29. The molecule has 0 aromatic heterocycles. The molecule has 1 aromatic rings. The lowest BCUT2D eigenvalue weighted by Crippen LogP contribution is -2.22. The second-order valence-electron chi connectivity index (χ2n) is 5.28. The number of carbonyl (C=O) groups is 3. The number of benzene rings is 1. The quantitative estimate of drug-likeness (QED) is 0.751. The van der Waals surface area contributed by atoms with Crippen molar-refractivity contribution in [3.63, 3.8) is 0 Å². The summed E-state index contributed by atoms with van der Waals surface area (Å²) in [4.78, 5) is 34.4. The van der Waals surface area contributed by atoms with Crippen molar-refractivity contribution in [2.75, 3.05) is 18.5 Å². The van der Waals surface area contributed by atoms with Crippen molar-refractivity contribution in [1.29, 1.82) is 0 Å². The van der Waals surface area contributed by atoms with Crippen molar-refractivity contribution in [2.45, 2.75) is 32.8 Å². The second-order valence-corrected chi connectivity index (χ2v) is 5.28. The molecule has 1 saturated heterocycles. The van der Waals surface area contributed by atoms with Crippen molar-refractivity contribution in [3.8, 4) is 5.75 Å². The first-order valence-corrected chi connectivity index (χ1v) is 7.51. The van der Waals surface area contributed by atoms with Crippen LogP contribution in [0.2, 0.25) is 0 Å². The maximum atomic E-state index is 11.8. The lowest BCUT2D eigenvalue weighted by atomic mass is 10.1. The summed E-state index contributed by atoms with van der Waals surface area (Å²) in [6.45, 7) is 3.87. The molecule has 1 atom stereocenters. The van der Waals surface area contributed by atoms with Gasteiger partial charge in [0.05, 0.1) is 12.1 Å². The number of ether oxygens (including phenoxy) is 2. The normalized spacial score (nSPS) is 16.4. The van der Waals surface area contributed by atoms with Gasteiger partial charge in [-0.1, -0.05) is 6.92 Å². The van der Waals surface area contributed by atoms with Crippen LogP contribution >= 0.6 is 0 Å². The summed E-state index contributed by atoms with van der Waals surface area (Å²) >= 11 is 0. The van der Waals surface area contributed by atoms with Crippen LogP contribution in [0.3, 0.4) is 0 Å². The van der Waals surface area contributed by atoms with Gasteiger partial charge in [-0.3, -0.25) is 9.59 Å². The zero-order valence-corrected chi connectivity index (χ0v) is 13.2. The molecule has 0 aliphatic carbocycles. The maximum absolute atomic E-state index is 11.8. The highest BCUT2D eigenvalue weighted by Gasteiger charge is 2.23. The van der Waals surface area contributed by atoms with E-state index in [1.54, 1.807) is 18.2 Å². The third kappa shape index (κ3) is 4.70. The van der Waals surface area contributed by atoms with E-state index in [0.717, 1.165) is 6.42 Å². The van der Waals surface area contributed by atoms with Gasteiger partial charge in [-0.2, -0.15) is 0 Å². The Labute approximate surface area is 134 Å². The van der Waals surface area contributed by atoms with Crippen LogP contribution in [0.15, 0.2) is 18.2 Å². The Morgan fingerprint density at radius 2 is 2.22 bits per heavy atom. The molecule has 1 aliphatic heterocycles. The zero-order valence-electron chi connectivity index (χ0n) is 13.2. The maximum Gasteiger partial charge on any atom is 0.407 e. The molecule has 1 aromatic carbocycles. The molecule has 0 radical (unpaired) electrons. The Balaban J connectivity index is 2.05. The smallest absolute Gasteiger partial charge is 0.407 e. The van der Waals surface area contributed by atoms with E-state index >= 15 is 0 Å². The van der Waals surface area contributed by atoms with E-state index in [9.17, 15) is 14.4 Å². The Morgan fingerprint density at radius 1 is 1.43 bits per heavy atom. The van der Waals surface area contributed by atoms with Gasteiger partial charge < -0.3 is 20.1 Å². The van der Waals surface area contributed by atoms with Crippen molar-refractivity contribution in [3.05, 3.63) is 23.8 Å². The van der Waals surface area contributed by atoms with Crippen LogP contribution in [0.5, 0.6) is 5.75 Å². The average Bonchev–Trinajstić information content (AvgIpc) is 2.91. The monoisotopic (exact) mass is 320 g/mol. The number of rotatable bonds is 7. The minimum atomic E-state index is -0.473. The van der Waals surface area contributed by atoms with E-state index in [2.05, 4.69) is 10.6 Å². The highest BCUT2D eigenvalue weighted by molar-refractivity contribution is 5.99. The van der Waals surface area contributed by atoms with Crippen molar-refractivity contribution in [1.82, 2.24) is 5.32 Å². The summed E-state index contributed by atoms with van der Waals surface area (Å²) < 4.78 is 10.6. The number of cyclic esters (lactones) is 1. The fourth-order valence-electron chi connectivity index (χ4n) is 2.17. The number of ketones is 1. The van der Waals surface area contributed by atoms with Crippen LogP contribution in [0.1, 0.15) is 37.0 Å². The van der Waals surface area contributed by atoms with Gasteiger partial charge in [0.2, 0.25) is 5.91 Å². The standard InChI is InChI=1S/C16H20N2O5/c1-3-4-15(20)18-11-5-6-14(13(7-11)10(2)19)22-9-12-8-17-16(21)23-12/h5-7,12H,3-4,8-9H2,1-2H3,(H,17,21)(H,18,20). The first-order chi connectivity index (χ1) is 11.0. The highest BCUT2D eigenvalue weighted by atomic mass is 16.6. The summed E-state index contributed by atoms with van der Waals surface area (Å²) in [7, 11) is 0. The molecule has 0 bridgehead atoms. The van der Waals surface area contributed by atoms with E-state index < -0.39 is 6.09 Å². The Morgan fingerprint density at radius 3 is 2.83 bits per heavy atom. The number of hydrogen-bond acceptors (Lipinski definition) is 5. The van der Waals surface area contributed by atoms with Crippen molar-refractivity contribution in [2.24, 2.45) is 0 Å². The van der Waals surface area contributed by atoms with E-state index in [1.165, 1.54) is 6.92 Å². The second kappa shape index (κ2) is 7.62. The first-order valence-electron chi connectivity index (χ1n) is 7.51. The third-order valence-electron chi connectivity index (χ3n) is 3.29. The summed E-state index contributed by atoms with van der Waals surface area (Å²) in [6.07, 6.45) is 0.319. The fourth-order valence-corrected chi connectivity index (χ4v) is 2.17. The van der Waals surface area contributed by atoms with Crippen molar-refractivity contribution < 1.29 is 23.9 Å². The largest absolute Gasteiger partial charge is 0.489 e. The summed E-state index contributed by atoms with van der Waals surface area (Å²) in [6, 6.07) is 4.89. The SMILES string of the molecule is CCCC(=O)Nc1ccc(OCC2CNC(=O)O2)c(C(C)=O)c1.